The zero-order valence-electron chi connectivity index (χ0n) is 7.12. The summed E-state index contributed by atoms with van der Waals surface area (Å²) in [6.07, 6.45) is -4.13. The van der Waals surface area contributed by atoms with Gasteiger partial charge in [0.05, 0.1) is 6.26 Å². The largest absolute Gasteiger partial charge is 0.473 e. The maximum absolute atomic E-state index is 11.8. The lowest BCUT2D eigenvalue weighted by Gasteiger charge is -2.14. The number of carbonyl (C=O) groups excluding carboxylic acids is 2. The van der Waals surface area contributed by atoms with E-state index in [0.29, 0.717) is 0 Å². The lowest BCUT2D eigenvalue weighted by atomic mass is 10.4. The number of halogens is 3. The Morgan fingerprint density at radius 2 is 2.00 bits per heavy atom. The third kappa shape index (κ3) is 2.34. The van der Waals surface area contributed by atoms with Gasteiger partial charge >= 0.3 is 18.0 Å². The fourth-order valence-electron chi connectivity index (χ4n) is 0.748. The lowest BCUT2D eigenvalue weighted by molar-refractivity contribution is -0.182. The molecule has 8 heteroatoms. The third-order valence-corrected chi connectivity index (χ3v) is 1.41. The van der Waals surface area contributed by atoms with Crippen molar-refractivity contribution in [1.82, 2.24) is 5.01 Å². The molecule has 2 N–H and O–H groups in total. The Hall–Kier alpha value is -1.83. The van der Waals surface area contributed by atoms with Gasteiger partial charge in [-0.15, -0.1) is 0 Å². The van der Waals surface area contributed by atoms with E-state index in [9.17, 15) is 22.8 Å². The molecule has 0 spiro atoms. The van der Waals surface area contributed by atoms with Crippen LogP contribution >= 0.6 is 0 Å². The van der Waals surface area contributed by atoms with Gasteiger partial charge in [0, 0.05) is 0 Å². The van der Waals surface area contributed by atoms with Gasteiger partial charge in [0.1, 0.15) is 0 Å². The normalized spacial score (nSPS) is 11.2. The van der Waals surface area contributed by atoms with E-state index in [1.54, 1.807) is 0 Å². The summed E-state index contributed by atoms with van der Waals surface area (Å²) in [5.41, 5.74) is 0. The smallest absolute Gasteiger partial charge is 0.459 e. The summed E-state index contributed by atoms with van der Waals surface area (Å²) in [7, 11) is 0. The first-order valence-corrected chi connectivity index (χ1v) is 3.58. The first-order chi connectivity index (χ1) is 6.84. The molecule has 2 amide bonds. The van der Waals surface area contributed by atoms with Gasteiger partial charge in [-0.25, -0.2) is 10.9 Å². The predicted octanol–water partition coefficient (Wildman–Crippen LogP) is 0.684. The number of nitrogens with zero attached hydrogens (tertiary/aromatic N) is 1. The summed E-state index contributed by atoms with van der Waals surface area (Å²) in [4.78, 5) is 21.6. The van der Waals surface area contributed by atoms with E-state index in [-0.39, 0.29) is 0 Å². The molecule has 0 saturated heterocycles. The summed E-state index contributed by atoms with van der Waals surface area (Å²) >= 11 is 0. The number of hydrazine groups is 1. The van der Waals surface area contributed by atoms with Crippen molar-refractivity contribution in [3.05, 3.63) is 24.2 Å². The van der Waals surface area contributed by atoms with Gasteiger partial charge in [0.15, 0.2) is 5.76 Å². The SMILES string of the molecule is NN(C(=O)c1ccco1)C(=O)C(F)(F)F. The molecule has 0 atom stereocenters. The molecule has 0 bridgehead atoms. The maximum atomic E-state index is 11.8. The molecule has 15 heavy (non-hydrogen) atoms. The molecule has 0 radical (unpaired) electrons. The van der Waals surface area contributed by atoms with Crippen molar-refractivity contribution in [2.24, 2.45) is 5.84 Å². The van der Waals surface area contributed by atoms with Crippen molar-refractivity contribution < 1.29 is 27.2 Å². The van der Waals surface area contributed by atoms with Gasteiger partial charge in [0.2, 0.25) is 0 Å². The zero-order valence-corrected chi connectivity index (χ0v) is 7.12. The Morgan fingerprint density at radius 3 is 2.40 bits per heavy atom. The topological polar surface area (TPSA) is 76.5 Å². The quantitative estimate of drug-likeness (QED) is 0.430. The first-order valence-electron chi connectivity index (χ1n) is 3.58. The van der Waals surface area contributed by atoms with Crippen molar-refractivity contribution >= 4 is 11.8 Å². The molecule has 0 aliphatic carbocycles. The lowest BCUT2D eigenvalue weighted by Crippen LogP contribution is -2.49. The molecule has 0 unspecified atom stereocenters. The summed E-state index contributed by atoms with van der Waals surface area (Å²) in [6.45, 7) is 0. The molecular formula is C7H5F3N2O3. The number of alkyl halides is 3. The summed E-state index contributed by atoms with van der Waals surface area (Å²) in [5, 5.41) is -0.543. The van der Waals surface area contributed by atoms with Crippen LogP contribution in [0.15, 0.2) is 22.8 Å². The summed E-state index contributed by atoms with van der Waals surface area (Å²) in [6, 6.07) is 2.37. The van der Waals surface area contributed by atoms with Crippen LogP contribution in [0.25, 0.3) is 0 Å². The number of hydrogen-bond donors (Lipinski definition) is 1. The maximum Gasteiger partial charge on any atom is 0.473 e. The second-order valence-corrected chi connectivity index (χ2v) is 2.46. The number of rotatable bonds is 1. The van der Waals surface area contributed by atoms with Crippen LogP contribution in [0, 0.1) is 0 Å². The molecule has 0 saturated carbocycles. The van der Waals surface area contributed by atoms with Gasteiger partial charge in [0.25, 0.3) is 0 Å². The van der Waals surface area contributed by atoms with Crippen molar-refractivity contribution in [1.29, 1.82) is 0 Å². The minimum absolute atomic E-state index is 0.449. The highest BCUT2D eigenvalue weighted by atomic mass is 19.4. The van der Waals surface area contributed by atoms with Crippen molar-refractivity contribution in [3.63, 3.8) is 0 Å². The number of amides is 2. The molecule has 1 aromatic rings. The molecule has 0 aliphatic heterocycles. The van der Waals surface area contributed by atoms with Crippen LogP contribution in [0.1, 0.15) is 10.6 Å². The van der Waals surface area contributed by atoms with Crippen molar-refractivity contribution in [3.8, 4) is 0 Å². The van der Waals surface area contributed by atoms with Gasteiger partial charge in [-0.05, 0) is 12.1 Å². The standard InChI is InChI=1S/C7H5F3N2O3/c8-7(9,10)6(14)12(11)5(13)4-2-1-3-15-4/h1-3H,11H2. The summed E-state index contributed by atoms with van der Waals surface area (Å²) in [5.74, 6) is 0.430. The highest BCUT2D eigenvalue weighted by Crippen LogP contribution is 2.18. The Kier molecular flexibility index (Phi) is 2.80. The monoisotopic (exact) mass is 222 g/mol. The van der Waals surface area contributed by atoms with Crippen LogP contribution in [0.2, 0.25) is 0 Å². The van der Waals surface area contributed by atoms with E-state index in [2.05, 4.69) is 4.42 Å². The first kappa shape index (κ1) is 11.2. The van der Waals surface area contributed by atoms with E-state index in [0.717, 1.165) is 12.3 Å². The third-order valence-electron chi connectivity index (χ3n) is 1.41. The molecule has 0 aliphatic rings. The molecular weight excluding hydrogens is 217 g/mol. The minimum Gasteiger partial charge on any atom is -0.459 e. The zero-order chi connectivity index (χ0) is 11.6. The molecule has 0 fully saturated rings. The average molecular weight is 222 g/mol. The highest BCUT2D eigenvalue weighted by Gasteiger charge is 2.44. The van der Waals surface area contributed by atoms with Gasteiger partial charge in [-0.2, -0.15) is 13.2 Å². The van der Waals surface area contributed by atoms with E-state index in [1.807, 2.05) is 0 Å². The van der Waals surface area contributed by atoms with Crippen LogP contribution in [0.4, 0.5) is 13.2 Å². The number of furan rings is 1. The Morgan fingerprint density at radius 1 is 1.40 bits per heavy atom. The molecule has 82 valence electrons. The fourth-order valence-corrected chi connectivity index (χ4v) is 0.748. The van der Waals surface area contributed by atoms with Crippen LogP contribution in [0.5, 0.6) is 0 Å². The van der Waals surface area contributed by atoms with Crippen LogP contribution in [-0.4, -0.2) is 23.0 Å². The number of nitrogens with two attached hydrogens (primary N) is 1. The number of imide groups is 1. The van der Waals surface area contributed by atoms with Gasteiger partial charge in [-0.3, -0.25) is 9.59 Å². The molecule has 0 aromatic carbocycles. The van der Waals surface area contributed by atoms with E-state index in [4.69, 9.17) is 5.84 Å². The van der Waals surface area contributed by atoms with Gasteiger partial charge < -0.3 is 4.42 Å². The van der Waals surface area contributed by atoms with Gasteiger partial charge in [-0.1, -0.05) is 0 Å². The van der Waals surface area contributed by atoms with E-state index in [1.165, 1.54) is 6.07 Å². The second kappa shape index (κ2) is 3.73. The summed E-state index contributed by atoms with van der Waals surface area (Å²) < 4.78 is 40.0. The molecule has 1 aromatic heterocycles. The van der Waals surface area contributed by atoms with E-state index < -0.39 is 28.8 Å². The average Bonchev–Trinajstić information content (AvgIpc) is 2.65. The molecule has 1 heterocycles. The number of carbonyl (C=O) groups is 2. The fraction of sp³-hybridized carbons (Fsp3) is 0.143. The second-order valence-electron chi connectivity index (χ2n) is 2.46. The molecule has 5 nitrogen and oxygen atoms in total. The Balaban J connectivity index is 2.83. The van der Waals surface area contributed by atoms with Crippen LogP contribution in [-0.2, 0) is 4.79 Å². The van der Waals surface area contributed by atoms with Crippen LogP contribution in [0.3, 0.4) is 0 Å². The predicted molar refractivity (Wildman–Crippen MR) is 40.1 cm³/mol. The van der Waals surface area contributed by atoms with Crippen molar-refractivity contribution in [2.45, 2.75) is 6.18 Å². The van der Waals surface area contributed by atoms with E-state index >= 15 is 0 Å². The minimum atomic E-state index is -5.20. The van der Waals surface area contributed by atoms with Crippen LogP contribution < -0.4 is 5.84 Å². The number of hydrogen-bond acceptors (Lipinski definition) is 4. The Labute approximate surface area is 81.2 Å². The molecule has 1 rings (SSSR count). The highest BCUT2D eigenvalue weighted by molar-refractivity contribution is 6.04. The van der Waals surface area contributed by atoms with Crippen molar-refractivity contribution in [2.75, 3.05) is 0 Å². The Bertz CT molecular complexity index is 371.